The highest BCUT2D eigenvalue weighted by atomic mass is 16.5. The first-order valence-electron chi connectivity index (χ1n) is 9.95. The van der Waals surface area contributed by atoms with Crippen LogP contribution in [0.3, 0.4) is 0 Å². The molecule has 150 valence electrons. The Morgan fingerprint density at radius 2 is 1.86 bits per heavy atom. The van der Waals surface area contributed by atoms with Gasteiger partial charge in [-0.1, -0.05) is 36.4 Å². The molecule has 0 spiro atoms. The van der Waals surface area contributed by atoms with E-state index in [9.17, 15) is 9.90 Å². The summed E-state index contributed by atoms with van der Waals surface area (Å²) in [7, 11) is 1.64. The molecule has 3 aromatic rings. The molecule has 0 bridgehead atoms. The fourth-order valence-corrected chi connectivity index (χ4v) is 3.88. The van der Waals surface area contributed by atoms with Crippen molar-refractivity contribution < 1.29 is 14.6 Å². The second-order valence-corrected chi connectivity index (χ2v) is 7.55. The number of rotatable bonds is 6. The number of fused-ring (bicyclic) bond motifs is 2. The number of β-amino-alcohol motifs (C(OH)–C–C–N with tert-alkyl or cyclic N) is 1. The van der Waals surface area contributed by atoms with Crippen LogP contribution in [0.1, 0.15) is 21.5 Å². The number of nitrogens with zero attached hydrogens (tertiary/aromatic N) is 1. The predicted molar refractivity (Wildman–Crippen MR) is 114 cm³/mol. The molecule has 0 aliphatic carbocycles. The summed E-state index contributed by atoms with van der Waals surface area (Å²) in [6.07, 6.45) is 0.394. The fourth-order valence-electron chi connectivity index (χ4n) is 3.88. The van der Waals surface area contributed by atoms with Crippen LogP contribution in [0.2, 0.25) is 0 Å². The molecule has 1 amide bonds. The maximum Gasteiger partial charge on any atom is 0.251 e. The van der Waals surface area contributed by atoms with Gasteiger partial charge in [-0.2, -0.15) is 0 Å². The Morgan fingerprint density at radius 1 is 1.10 bits per heavy atom. The van der Waals surface area contributed by atoms with E-state index >= 15 is 0 Å². The minimum absolute atomic E-state index is 0.175. The number of hydrogen-bond acceptors (Lipinski definition) is 4. The van der Waals surface area contributed by atoms with Crippen molar-refractivity contribution in [1.82, 2.24) is 10.2 Å². The zero-order chi connectivity index (χ0) is 20.2. The van der Waals surface area contributed by atoms with Crippen molar-refractivity contribution in [3.63, 3.8) is 0 Å². The third-order valence-corrected chi connectivity index (χ3v) is 5.49. The molecule has 0 radical (unpaired) electrons. The smallest absolute Gasteiger partial charge is 0.251 e. The van der Waals surface area contributed by atoms with Gasteiger partial charge in [0, 0.05) is 31.7 Å². The summed E-state index contributed by atoms with van der Waals surface area (Å²) in [5, 5.41) is 15.3. The van der Waals surface area contributed by atoms with Gasteiger partial charge in [-0.05, 0) is 52.6 Å². The number of benzene rings is 3. The number of carbonyl (C=O) groups is 1. The van der Waals surface area contributed by atoms with Crippen LogP contribution in [0, 0.1) is 0 Å². The molecule has 1 aliphatic heterocycles. The van der Waals surface area contributed by atoms with E-state index in [1.54, 1.807) is 13.2 Å². The quantitative estimate of drug-likeness (QED) is 0.679. The maximum absolute atomic E-state index is 12.5. The minimum Gasteiger partial charge on any atom is -0.497 e. The summed E-state index contributed by atoms with van der Waals surface area (Å²) in [5.41, 5.74) is 3.30. The van der Waals surface area contributed by atoms with Crippen LogP contribution >= 0.6 is 0 Å². The second-order valence-electron chi connectivity index (χ2n) is 7.55. The number of aliphatic hydroxyl groups is 1. The van der Waals surface area contributed by atoms with Crippen molar-refractivity contribution in [1.29, 1.82) is 0 Å². The van der Waals surface area contributed by atoms with Gasteiger partial charge in [-0.3, -0.25) is 9.69 Å². The van der Waals surface area contributed by atoms with Gasteiger partial charge >= 0.3 is 0 Å². The Labute approximate surface area is 170 Å². The summed E-state index contributed by atoms with van der Waals surface area (Å²) < 4.78 is 5.24. The molecule has 1 heterocycles. The first-order valence-corrected chi connectivity index (χ1v) is 9.95. The third kappa shape index (κ3) is 4.58. The average molecular weight is 390 g/mol. The fraction of sp³-hybridized carbons (Fsp3) is 0.292. The zero-order valence-electron chi connectivity index (χ0n) is 16.6. The highest BCUT2D eigenvalue weighted by Gasteiger charge is 2.19. The van der Waals surface area contributed by atoms with Crippen molar-refractivity contribution in [2.45, 2.75) is 19.1 Å². The number of carbonyl (C=O) groups excluding carboxylic acids is 1. The molecular weight excluding hydrogens is 364 g/mol. The molecule has 1 atom stereocenters. The second kappa shape index (κ2) is 8.64. The summed E-state index contributed by atoms with van der Waals surface area (Å²) in [6, 6.07) is 19.8. The lowest BCUT2D eigenvalue weighted by Crippen LogP contribution is -2.42. The normalized spacial score (nSPS) is 15.0. The van der Waals surface area contributed by atoms with E-state index in [0.717, 1.165) is 36.0 Å². The predicted octanol–water partition coefficient (Wildman–Crippen LogP) is 3.00. The molecule has 1 aliphatic rings. The average Bonchev–Trinajstić information content (AvgIpc) is 2.76. The van der Waals surface area contributed by atoms with E-state index in [1.165, 1.54) is 11.1 Å². The zero-order valence-corrected chi connectivity index (χ0v) is 16.6. The van der Waals surface area contributed by atoms with Crippen molar-refractivity contribution in [2.75, 3.05) is 26.7 Å². The third-order valence-electron chi connectivity index (χ3n) is 5.49. The molecule has 0 saturated heterocycles. The van der Waals surface area contributed by atoms with Gasteiger partial charge in [0.1, 0.15) is 5.75 Å². The van der Waals surface area contributed by atoms with E-state index in [1.807, 2.05) is 30.3 Å². The van der Waals surface area contributed by atoms with Gasteiger partial charge in [-0.25, -0.2) is 0 Å². The van der Waals surface area contributed by atoms with Crippen LogP contribution in [-0.4, -0.2) is 48.8 Å². The largest absolute Gasteiger partial charge is 0.497 e. The molecule has 5 nitrogen and oxygen atoms in total. The maximum atomic E-state index is 12.5. The Kier molecular flexibility index (Phi) is 5.79. The summed E-state index contributed by atoms with van der Waals surface area (Å²) in [6.45, 7) is 2.55. The number of methoxy groups -OCH3 is 1. The van der Waals surface area contributed by atoms with Crippen LogP contribution in [0.5, 0.6) is 5.75 Å². The Balaban J connectivity index is 1.32. The summed E-state index contributed by atoms with van der Waals surface area (Å²) in [5.74, 6) is 0.615. The van der Waals surface area contributed by atoms with Crippen LogP contribution in [-0.2, 0) is 13.0 Å². The van der Waals surface area contributed by atoms with Crippen LogP contribution < -0.4 is 10.1 Å². The number of ether oxygens (including phenoxy) is 1. The summed E-state index contributed by atoms with van der Waals surface area (Å²) >= 11 is 0. The lowest BCUT2D eigenvalue weighted by Gasteiger charge is -2.30. The van der Waals surface area contributed by atoms with Crippen LogP contribution in [0.25, 0.3) is 10.8 Å². The monoisotopic (exact) mass is 390 g/mol. The molecule has 3 aromatic carbocycles. The van der Waals surface area contributed by atoms with Gasteiger partial charge < -0.3 is 15.2 Å². The van der Waals surface area contributed by atoms with Crippen molar-refractivity contribution in [2.24, 2.45) is 0 Å². The summed E-state index contributed by atoms with van der Waals surface area (Å²) in [4.78, 5) is 14.7. The van der Waals surface area contributed by atoms with E-state index in [4.69, 9.17) is 4.74 Å². The number of aliphatic hydroxyl groups excluding tert-OH is 1. The standard InChI is InChI=1S/C24H26N2O3/c1-29-23-9-8-18-12-20(7-6-19(18)13-23)24(28)25-14-22(27)16-26-11-10-17-4-2-3-5-21(17)15-26/h2-9,12-13,22,27H,10-11,14-16H2,1H3,(H,25,28). The lowest BCUT2D eigenvalue weighted by molar-refractivity contribution is 0.0842. The van der Waals surface area contributed by atoms with E-state index < -0.39 is 6.10 Å². The van der Waals surface area contributed by atoms with Crippen molar-refractivity contribution in [3.8, 4) is 5.75 Å². The molecule has 0 aromatic heterocycles. The first-order chi connectivity index (χ1) is 14.1. The van der Waals surface area contributed by atoms with Crippen molar-refractivity contribution >= 4 is 16.7 Å². The molecule has 0 fully saturated rings. The minimum atomic E-state index is -0.603. The number of nitrogens with one attached hydrogen (secondary N) is 1. The molecular formula is C24H26N2O3. The SMILES string of the molecule is COc1ccc2cc(C(=O)NCC(O)CN3CCc4ccccc4C3)ccc2c1. The molecule has 5 heteroatoms. The Bertz CT molecular complexity index is 1020. The number of amides is 1. The van der Waals surface area contributed by atoms with E-state index in [-0.39, 0.29) is 12.5 Å². The topological polar surface area (TPSA) is 61.8 Å². The van der Waals surface area contributed by atoms with Gasteiger partial charge in [0.05, 0.1) is 13.2 Å². The van der Waals surface area contributed by atoms with Crippen LogP contribution in [0.4, 0.5) is 0 Å². The van der Waals surface area contributed by atoms with E-state index in [2.05, 4.69) is 34.5 Å². The van der Waals surface area contributed by atoms with Crippen molar-refractivity contribution in [3.05, 3.63) is 77.4 Å². The molecule has 0 saturated carbocycles. The van der Waals surface area contributed by atoms with Gasteiger partial charge in [0.15, 0.2) is 0 Å². The highest BCUT2D eigenvalue weighted by Crippen LogP contribution is 2.22. The number of hydrogen-bond donors (Lipinski definition) is 2. The Hall–Kier alpha value is -2.89. The van der Waals surface area contributed by atoms with Gasteiger partial charge in [-0.15, -0.1) is 0 Å². The van der Waals surface area contributed by atoms with Gasteiger partial charge in [0.2, 0.25) is 0 Å². The van der Waals surface area contributed by atoms with Gasteiger partial charge in [0.25, 0.3) is 5.91 Å². The highest BCUT2D eigenvalue weighted by molar-refractivity contribution is 5.98. The molecule has 29 heavy (non-hydrogen) atoms. The first kappa shape index (κ1) is 19.4. The molecule has 4 rings (SSSR count). The van der Waals surface area contributed by atoms with E-state index in [0.29, 0.717) is 12.1 Å². The molecule has 1 unspecified atom stereocenters. The molecule has 2 N–H and O–H groups in total. The van der Waals surface area contributed by atoms with Crippen LogP contribution in [0.15, 0.2) is 60.7 Å². The Morgan fingerprint density at radius 3 is 2.69 bits per heavy atom. The lowest BCUT2D eigenvalue weighted by atomic mass is 10.00.